The number of rotatable bonds is 12. The standard InChI is InChI=1S/C24H27N9O7S3/c1-4-5-32-13(26)6-12(25)29-23(32)43-8-10-7-41-19-15(18(35)33(19)16(10)20(36)37)30-17(34)14(11-9-42-22(27)28-11)31-40-24(2,3)21(38)39/h4,6,9,15,19H,1,5,7-8H2,2-3H3,(H8,25,26,27,28,30,34,36,37,38,39)/b31-14-. The van der Waals surface area contributed by atoms with Gasteiger partial charge in [-0.1, -0.05) is 22.8 Å². The van der Waals surface area contributed by atoms with Gasteiger partial charge in [-0.2, -0.15) is 0 Å². The van der Waals surface area contributed by atoms with E-state index in [-0.39, 0.29) is 33.8 Å². The minimum absolute atomic E-state index is 0.000217. The Labute approximate surface area is 257 Å². The first-order valence-corrected chi connectivity index (χ1v) is 15.3. The van der Waals surface area contributed by atoms with E-state index in [2.05, 4.69) is 27.0 Å². The van der Waals surface area contributed by atoms with E-state index < -0.39 is 46.5 Å². The van der Waals surface area contributed by atoms with Gasteiger partial charge in [0.15, 0.2) is 10.8 Å². The maximum absolute atomic E-state index is 13.2. The Morgan fingerprint density at radius 2 is 2.09 bits per heavy atom. The second kappa shape index (κ2) is 12.5. The normalized spacial score (nSPS) is 18.5. The quantitative estimate of drug-likeness (QED) is 0.0335. The number of carboxylic acid groups (broad SMARTS) is 2. The number of nitrogens with zero attached hydrogens (tertiary/aromatic N) is 5. The highest BCUT2D eigenvalue weighted by atomic mass is 32.2. The number of aliphatic carboxylic acids is 2. The number of carbonyl (C=O) groups excluding carboxylic acids is 3. The van der Waals surface area contributed by atoms with E-state index in [0.717, 1.165) is 16.2 Å². The second-order valence-corrected chi connectivity index (χ2v) is 12.5. The molecule has 8 N–H and O–H groups in total. The smallest absolute Gasteiger partial charge is 0.350 e. The predicted octanol–water partition coefficient (Wildman–Crippen LogP) is -1.46. The summed E-state index contributed by atoms with van der Waals surface area (Å²) in [6, 6.07) is 0.367. The first kappa shape index (κ1) is 31.6. The average molecular weight is 650 g/mol. The fourth-order valence-electron chi connectivity index (χ4n) is 3.91. The van der Waals surface area contributed by atoms with Crippen molar-refractivity contribution in [3.63, 3.8) is 0 Å². The van der Waals surface area contributed by atoms with Crippen LogP contribution in [0.2, 0.25) is 0 Å². The summed E-state index contributed by atoms with van der Waals surface area (Å²) in [6.07, 6.45) is 1.62. The van der Waals surface area contributed by atoms with E-state index in [1.807, 2.05) is 0 Å². The van der Waals surface area contributed by atoms with Gasteiger partial charge in [0.2, 0.25) is 17.2 Å². The molecule has 2 aliphatic rings. The zero-order valence-corrected chi connectivity index (χ0v) is 25.3. The lowest BCUT2D eigenvalue weighted by molar-refractivity contribution is -0.713. The number of hydrogen-bond acceptors (Lipinski definition) is 15. The van der Waals surface area contributed by atoms with Crippen LogP contribution < -0.4 is 32.2 Å². The van der Waals surface area contributed by atoms with E-state index in [4.69, 9.17) is 22.0 Å². The molecule has 19 heteroatoms. The van der Waals surface area contributed by atoms with Gasteiger partial charge in [0.1, 0.15) is 17.1 Å². The van der Waals surface area contributed by atoms with E-state index in [1.54, 1.807) is 10.6 Å². The molecule has 2 aliphatic heterocycles. The third kappa shape index (κ3) is 6.52. The SMILES string of the molecule is C=CC[n+]1c(N)cc(N)nc1SCC1=C(C(=O)[O-])N2C(=O)C(NC(=O)/C(=N\OC(C)(C)C(=O)O)c3csc(N)n3)C2SC1. The fraction of sp³-hybridized carbons (Fsp3) is 0.333. The van der Waals surface area contributed by atoms with Gasteiger partial charge in [-0.05, 0) is 31.2 Å². The van der Waals surface area contributed by atoms with Crippen molar-refractivity contribution >= 4 is 81.1 Å². The molecule has 228 valence electrons. The number of allylic oxidation sites excluding steroid dienone is 1. The van der Waals surface area contributed by atoms with Crippen LogP contribution in [-0.2, 0) is 30.6 Å². The molecule has 0 saturated carbocycles. The first-order chi connectivity index (χ1) is 20.2. The third-order valence-corrected chi connectivity index (χ3v) is 9.21. The summed E-state index contributed by atoms with van der Waals surface area (Å²) in [4.78, 5) is 64.5. The number of nitrogen functional groups attached to an aromatic ring is 3. The van der Waals surface area contributed by atoms with Crippen LogP contribution >= 0.6 is 34.9 Å². The fourth-order valence-corrected chi connectivity index (χ4v) is 6.98. The molecule has 1 saturated heterocycles. The number of anilines is 3. The molecule has 2 aromatic heterocycles. The Kier molecular flexibility index (Phi) is 9.16. The monoisotopic (exact) mass is 649 g/mol. The Balaban J connectivity index is 1.54. The van der Waals surface area contributed by atoms with Gasteiger partial charge in [0.25, 0.3) is 11.8 Å². The first-order valence-electron chi connectivity index (χ1n) is 12.3. The van der Waals surface area contributed by atoms with Crippen molar-refractivity contribution in [3.8, 4) is 0 Å². The number of carbonyl (C=O) groups is 4. The molecule has 43 heavy (non-hydrogen) atoms. The van der Waals surface area contributed by atoms with E-state index in [9.17, 15) is 29.4 Å². The van der Waals surface area contributed by atoms with Crippen molar-refractivity contribution in [1.29, 1.82) is 0 Å². The molecule has 0 bridgehead atoms. The van der Waals surface area contributed by atoms with Crippen LogP contribution in [0.5, 0.6) is 0 Å². The molecule has 0 radical (unpaired) electrons. The van der Waals surface area contributed by atoms with Crippen molar-refractivity contribution in [1.82, 2.24) is 20.2 Å². The highest BCUT2D eigenvalue weighted by Gasteiger charge is 2.53. The lowest BCUT2D eigenvalue weighted by Gasteiger charge is -2.50. The highest BCUT2D eigenvalue weighted by Crippen LogP contribution is 2.41. The van der Waals surface area contributed by atoms with Gasteiger partial charge in [-0.15, -0.1) is 23.1 Å². The van der Waals surface area contributed by atoms with Crippen LogP contribution in [0.3, 0.4) is 0 Å². The number of nitrogens with one attached hydrogen (secondary N) is 1. The maximum Gasteiger partial charge on any atom is 0.350 e. The summed E-state index contributed by atoms with van der Waals surface area (Å²) >= 11 is 3.43. The molecule has 2 amide bonds. The number of thioether (sulfide) groups is 2. The summed E-state index contributed by atoms with van der Waals surface area (Å²) in [7, 11) is 0. The summed E-state index contributed by atoms with van der Waals surface area (Å²) < 4.78 is 1.66. The Hall–Kier alpha value is -4.36. The number of β-lactam (4-membered cyclic amide) rings is 1. The maximum atomic E-state index is 13.2. The minimum atomic E-state index is -1.78. The average Bonchev–Trinajstić information content (AvgIpc) is 3.36. The van der Waals surface area contributed by atoms with E-state index >= 15 is 0 Å². The molecular weight excluding hydrogens is 623 g/mol. The molecule has 2 atom stereocenters. The van der Waals surface area contributed by atoms with Crippen molar-refractivity contribution in [2.45, 2.75) is 42.6 Å². The third-order valence-electron chi connectivity index (χ3n) is 6.14. The number of amides is 2. The van der Waals surface area contributed by atoms with Crippen LogP contribution in [0.15, 0.2) is 45.7 Å². The molecular formula is C24H27N9O7S3. The lowest BCUT2D eigenvalue weighted by atomic mass is 10.0. The summed E-state index contributed by atoms with van der Waals surface area (Å²) in [5.74, 6) is -3.61. The van der Waals surface area contributed by atoms with Crippen molar-refractivity contribution < 1.29 is 38.8 Å². The summed E-state index contributed by atoms with van der Waals surface area (Å²) in [5.41, 5.74) is 15.5. The van der Waals surface area contributed by atoms with Crippen molar-refractivity contribution in [2.75, 3.05) is 28.7 Å². The minimum Gasteiger partial charge on any atom is -0.543 e. The highest BCUT2D eigenvalue weighted by molar-refractivity contribution is 8.01. The van der Waals surface area contributed by atoms with Crippen LogP contribution in [0.25, 0.3) is 0 Å². The number of hydrogen-bond donors (Lipinski definition) is 5. The number of nitrogens with two attached hydrogens (primary N) is 3. The summed E-state index contributed by atoms with van der Waals surface area (Å²) in [6.45, 7) is 6.51. The topological polar surface area (TPSA) is 256 Å². The van der Waals surface area contributed by atoms with Crippen molar-refractivity contribution in [2.24, 2.45) is 5.16 Å². The van der Waals surface area contributed by atoms with Gasteiger partial charge in [0, 0.05) is 16.9 Å². The molecule has 4 rings (SSSR count). The zero-order valence-electron chi connectivity index (χ0n) is 22.8. The van der Waals surface area contributed by atoms with Gasteiger partial charge in [0.05, 0.1) is 24.3 Å². The van der Waals surface area contributed by atoms with Gasteiger partial charge in [-0.25, -0.2) is 14.3 Å². The number of thiazole rings is 1. The Bertz CT molecular complexity index is 1570. The predicted molar refractivity (Wildman–Crippen MR) is 157 cm³/mol. The van der Waals surface area contributed by atoms with E-state index in [1.165, 1.54) is 48.8 Å². The van der Waals surface area contributed by atoms with Crippen LogP contribution in [0, 0.1) is 0 Å². The number of fused-ring (bicyclic) bond motifs is 1. The molecule has 16 nitrogen and oxygen atoms in total. The lowest BCUT2D eigenvalue weighted by Crippen LogP contribution is -2.71. The molecule has 1 fully saturated rings. The van der Waals surface area contributed by atoms with Gasteiger partial charge < -0.3 is 42.4 Å². The molecule has 2 unspecified atom stereocenters. The molecule has 2 aromatic rings. The number of oxime groups is 1. The van der Waals surface area contributed by atoms with Crippen LogP contribution in [-0.4, -0.2) is 78.0 Å². The number of aromatic nitrogens is 3. The summed E-state index contributed by atoms with van der Waals surface area (Å²) in [5, 5.41) is 29.0. The second-order valence-electron chi connectivity index (χ2n) is 9.59. The Morgan fingerprint density at radius 3 is 2.70 bits per heavy atom. The molecule has 4 heterocycles. The molecule has 0 aromatic carbocycles. The van der Waals surface area contributed by atoms with Crippen LogP contribution in [0.1, 0.15) is 19.5 Å². The zero-order chi connectivity index (χ0) is 31.6. The molecule has 0 spiro atoms. The van der Waals surface area contributed by atoms with Gasteiger partial charge in [-0.3, -0.25) is 14.5 Å². The Morgan fingerprint density at radius 1 is 1.37 bits per heavy atom. The molecule has 0 aliphatic carbocycles. The van der Waals surface area contributed by atoms with E-state index in [0.29, 0.717) is 23.1 Å². The number of carboxylic acids is 2. The van der Waals surface area contributed by atoms with Gasteiger partial charge >= 0.3 is 11.1 Å². The largest absolute Gasteiger partial charge is 0.543 e. The van der Waals surface area contributed by atoms with Crippen LogP contribution in [0.4, 0.5) is 16.8 Å². The van der Waals surface area contributed by atoms with Crippen molar-refractivity contribution in [3.05, 3.63) is 41.1 Å².